The Morgan fingerprint density at radius 3 is 2.16 bits per heavy atom. The highest BCUT2D eigenvalue weighted by molar-refractivity contribution is 5.64. The molecule has 1 nitrogen and oxygen atoms in total. The van der Waals surface area contributed by atoms with Crippen molar-refractivity contribution in [3.05, 3.63) is 53.5 Å². The molecule has 0 unspecified atom stereocenters. The summed E-state index contributed by atoms with van der Waals surface area (Å²) in [4.78, 5) is 2.90. The fraction of sp³-hybridized carbons (Fsp3) is 0.0833. The fourth-order valence-corrected chi connectivity index (χ4v) is 1.57. The standard InChI is InChI=1S/C12H5F6N/c13-8-5-9(14)11(15)19-10(8)6-3-1-2-4-7(6)12(16,17)18/h1-5H. The first-order chi connectivity index (χ1) is 8.80. The SMILES string of the molecule is Fc1cc(F)c(-c2ccccc2C(F)(F)F)nc1F. The predicted molar refractivity (Wildman–Crippen MR) is 54.5 cm³/mol. The van der Waals surface area contributed by atoms with Gasteiger partial charge in [-0.15, -0.1) is 0 Å². The molecule has 0 radical (unpaired) electrons. The van der Waals surface area contributed by atoms with E-state index in [1.165, 1.54) is 6.07 Å². The second-order valence-corrected chi connectivity index (χ2v) is 3.63. The molecule has 7 heteroatoms. The molecule has 0 bridgehead atoms. The molecule has 0 N–H and O–H groups in total. The maximum absolute atomic E-state index is 13.4. The zero-order valence-corrected chi connectivity index (χ0v) is 9.10. The minimum absolute atomic E-state index is 0.158. The topological polar surface area (TPSA) is 12.9 Å². The van der Waals surface area contributed by atoms with Gasteiger partial charge in [-0.1, -0.05) is 18.2 Å². The first-order valence-electron chi connectivity index (χ1n) is 4.99. The van der Waals surface area contributed by atoms with Crippen molar-refractivity contribution in [2.45, 2.75) is 6.18 Å². The summed E-state index contributed by atoms with van der Waals surface area (Å²) in [6.07, 6.45) is -4.75. The maximum Gasteiger partial charge on any atom is 0.417 e. The number of hydrogen-bond acceptors (Lipinski definition) is 1. The van der Waals surface area contributed by atoms with Crippen LogP contribution in [-0.4, -0.2) is 4.98 Å². The number of pyridine rings is 1. The molecule has 1 aromatic carbocycles. The van der Waals surface area contributed by atoms with Crippen LogP contribution in [0.5, 0.6) is 0 Å². The van der Waals surface area contributed by atoms with E-state index in [2.05, 4.69) is 4.98 Å². The summed E-state index contributed by atoms with van der Waals surface area (Å²) in [6.45, 7) is 0. The molecule has 2 rings (SSSR count). The summed E-state index contributed by atoms with van der Waals surface area (Å²) in [5.41, 5.74) is -2.70. The molecule has 1 aromatic heterocycles. The van der Waals surface area contributed by atoms with Gasteiger partial charge in [-0.05, 0) is 6.07 Å². The molecule has 0 amide bonds. The zero-order valence-electron chi connectivity index (χ0n) is 9.10. The number of hydrogen-bond donors (Lipinski definition) is 0. The maximum atomic E-state index is 13.4. The van der Waals surface area contributed by atoms with Crippen LogP contribution in [0.4, 0.5) is 26.3 Å². The molecule has 0 aliphatic carbocycles. The number of benzene rings is 1. The van der Waals surface area contributed by atoms with Crippen LogP contribution in [0, 0.1) is 17.6 Å². The average Bonchev–Trinajstić information content (AvgIpc) is 2.33. The Morgan fingerprint density at radius 2 is 1.53 bits per heavy atom. The van der Waals surface area contributed by atoms with Crippen LogP contribution in [0.15, 0.2) is 30.3 Å². The normalized spacial score (nSPS) is 11.7. The van der Waals surface area contributed by atoms with Gasteiger partial charge in [0.2, 0.25) is 5.95 Å². The molecule has 2 aromatic rings. The molecule has 0 aliphatic rings. The van der Waals surface area contributed by atoms with Crippen molar-refractivity contribution >= 4 is 0 Å². The van der Waals surface area contributed by atoms with Crippen LogP contribution in [0.1, 0.15) is 5.56 Å². The Kier molecular flexibility index (Phi) is 3.21. The molecule has 0 spiro atoms. The number of nitrogens with zero attached hydrogens (tertiary/aromatic N) is 1. The lowest BCUT2D eigenvalue weighted by atomic mass is 10.0. The zero-order chi connectivity index (χ0) is 14.2. The van der Waals surface area contributed by atoms with Crippen LogP contribution in [-0.2, 0) is 6.18 Å². The lowest BCUT2D eigenvalue weighted by molar-refractivity contribution is -0.137. The lowest BCUT2D eigenvalue weighted by Crippen LogP contribution is -2.08. The number of halogens is 6. The Morgan fingerprint density at radius 1 is 0.895 bits per heavy atom. The third-order valence-corrected chi connectivity index (χ3v) is 2.37. The van der Waals surface area contributed by atoms with Gasteiger partial charge in [0.05, 0.1) is 5.56 Å². The van der Waals surface area contributed by atoms with Crippen molar-refractivity contribution in [3.63, 3.8) is 0 Å². The van der Waals surface area contributed by atoms with Crippen molar-refractivity contribution in [1.29, 1.82) is 0 Å². The first-order valence-corrected chi connectivity index (χ1v) is 4.99. The van der Waals surface area contributed by atoms with Crippen LogP contribution >= 0.6 is 0 Å². The Balaban J connectivity index is 2.70. The van der Waals surface area contributed by atoms with Crippen LogP contribution in [0.2, 0.25) is 0 Å². The van der Waals surface area contributed by atoms with Gasteiger partial charge in [0.15, 0.2) is 11.6 Å². The van der Waals surface area contributed by atoms with Crippen molar-refractivity contribution in [1.82, 2.24) is 4.98 Å². The quantitative estimate of drug-likeness (QED) is 0.562. The summed E-state index contributed by atoms with van der Waals surface area (Å²) >= 11 is 0. The van der Waals surface area contributed by atoms with Gasteiger partial charge < -0.3 is 0 Å². The minimum Gasteiger partial charge on any atom is -0.214 e. The summed E-state index contributed by atoms with van der Waals surface area (Å²) in [5, 5.41) is 0. The van der Waals surface area contributed by atoms with Crippen LogP contribution in [0.25, 0.3) is 11.3 Å². The second-order valence-electron chi connectivity index (χ2n) is 3.63. The smallest absolute Gasteiger partial charge is 0.214 e. The van der Waals surface area contributed by atoms with E-state index >= 15 is 0 Å². The molecular formula is C12H5F6N. The van der Waals surface area contributed by atoms with Gasteiger partial charge in [0, 0.05) is 11.6 Å². The summed E-state index contributed by atoms with van der Waals surface area (Å²) in [6, 6.07) is 4.12. The third-order valence-electron chi connectivity index (χ3n) is 2.37. The van der Waals surface area contributed by atoms with E-state index in [-0.39, 0.29) is 6.07 Å². The molecule has 0 atom stereocenters. The highest BCUT2D eigenvalue weighted by Gasteiger charge is 2.34. The van der Waals surface area contributed by atoms with E-state index in [1.54, 1.807) is 0 Å². The monoisotopic (exact) mass is 277 g/mol. The Hall–Kier alpha value is -2.05. The second kappa shape index (κ2) is 4.56. The third kappa shape index (κ3) is 2.54. The van der Waals surface area contributed by atoms with Gasteiger partial charge in [-0.2, -0.15) is 17.6 Å². The van der Waals surface area contributed by atoms with Gasteiger partial charge >= 0.3 is 6.18 Å². The van der Waals surface area contributed by atoms with Gasteiger partial charge in [-0.3, -0.25) is 0 Å². The number of aromatic nitrogens is 1. The number of alkyl halides is 3. The van der Waals surface area contributed by atoms with E-state index in [0.717, 1.165) is 12.1 Å². The van der Waals surface area contributed by atoms with E-state index in [9.17, 15) is 26.3 Å². The highest BCUT2D eigenvalue weighted by atomic mass is 19.4. The van der Waals surface area contributed by atoms with Gasteiger partial charge in [0.25, 0.3) is 0 Å². The lowest BCUT2D eigenvalue weighted by Gasteiger charge is -2.12. The van der Waals surface area contributed by atoms with Gasteiger partial charge in [0.1, 0.15) is 5.69 Å². The fourth-order valence-electron chi connectivity index (χ4n) is 1.57. The van der Waals surface area contributed by atoms with E-state index < -0.39 is 40.6 Å². The van der Waals surface area contributed by atoms with Crippen LogP contribution < -0.4 is 0 Å². The Bertz CT molecular complexity index is 620. The first kappa shape index (κ1) is 13.4. The largest absolute Gasteiger partial charge is 0.417 e. The van der Waals surface area contributed by atoms with E-state index in [4.69, 9.17) is 0 Å². The Labute approximate surface area is 103 Å². The van der Waals surface area contributed by atoms with E-state index in [0.29, 0.717) is 6.07 Å². The minimum atomic E-state index is -4.75. The van der Waals surface area contributed by atoms with Crippen molar-refractivity contribution in [2.24, 2.45) is 0 Å². The molecule has 0 aliphatic heterocycles. The number of rotatable bonds is 1. The summed E-state index contributed by atoms with van der Waals surface area (Å²) in [5.74, 6) is -4.59. The molecule has 0 saturated carbocycles. The molecule has 19 heavy (non-hydrogen) atoms. The molecular weight excluding hydrogens is 272 g/mol. The van der Waals surface area contributed by atoms with E-state index in [1.807, 2.05) is 0 Å². The van der Waals surface area contributed by atoms with Crippen molar-refractivity contribution in [2.75, 3.05) is 0 Å². The summed E-state index contributed by atoms with van der Waals surface area (Å²) in [7, 11) is 0. The molecule has 0 saturated heterocycles. The molecule has 0 fully saturated rings. The van der Waals surface area contributed by atoms with Crippen molar-refractivity contribution < 1.29 is 26.3 Å². The predicted octanol–water partition coefficient (Wildman–Crippen LogP) is 4.18. The average molecular weight is 277 g/mol. The van der Waals surface area contributed by atoms with Gasteiger partial charge in [-0.25, -0.2) is 13.8 Å². The summed E-state index contributed by atoms with van der Waals surface area (Å²) < 4.78 is 77.3. The molecule has 100 valence electrons. The highest BCUT2D eigenvalue weighted by Crippen LogP contribution is 2.37. The molecule has 1 heterocycles. The van der Waals surface area contributed by atoms with Crippen LogP contribution in [0.3, 0.4) is 0 Å². The van der Waals surface area contributed by atoms with Crippen molar-refractivity contribution in [3.8, 4) is 11.3 Å².